The van der Waals surface area contributed by atoms with E-state index in [0.717, 1.165) is 64.3 Å². The van der Waals surface area contributed by atoms with Crippen molar-refractivity contribution in [3.8, 4) is 33.6 Å². The molecule has 1 unspecified atom stereocenters. The van der Waals surface area contributed by atoms with E-state index < -0.39 is 19.1 Å². The van der Waals surface area contributed by atoms with Crippen LogP contribution in [0.2, 0.25) is 0 Å². The van der Waals surface area contributed by atoms with Crippen molar-refractivity contribution in [1.82, 2.24) is 15.0 Å². The minimum absolute atomic E-state index is 0. The van der Waals surface area contributed by atoms with Crippen LogP contribution in [0.1, 0.15) is 69.0 Å². The molecule has 1 atom stereocenters. The van der Waals surface area contributed by atoms with E-state index in [1.165, 1.54) is 6.20 Å². The summed E-state index contributed by atoms with van der Waals surface area (Å²) in [5, 5.41) is 1.79. The van der Waals surface area contributed by atoms with Crippen molar-refractivity contribution in [1.29, 1.82) is 0 Å². The van der Waals surface area contributed by atoms with Gasteiger partial charge in [-0.1, -0.05) is 110 Å². The third-order valence-corrected chi connectivity index (χ3v) is 9.69. The van der Waals surface area contributed by atoms with Crippen LogP contribution >= 0.6 is 0 Å². The SMILES string of the molecule is [2H]C(C)(c1ccncc1)c1c[c-]c(-c2cc(C([2H])([2H])C3CCCC3)ccn2)c2oc3ccccc3c12.[2H]C([2H])([2H])c1cnc(-c2[c-]cccc2)cc1-c1ccccc1.[Ir]. The molecule has 53 heavy (non-hydrogen) atoms. The topological polar surface area (TPSA) is 51.8 Å². The molecule has 4 nitrogen and oxygen atoms in total. The predicted octanol–water partition coefficient (Wildman–Crippen LogP) is 12.2. The molecular formula is C48H41IrN3O-2. The van der Waals surface area contributed by atoms with Crippen LogP contribution in [-0.2, 0) is 26.5 Å². The summed E-state index contributed by atoms with van der Waals surface area (Å²) in [5.41, 5.74) is 8.29. The molecule has 0 aliphatic heterocycles. The zero-order valence-electron chi connectivity index (χ0n) is 35.3. The van der Waals surface area contributed by atoms with Crippen LogP contribution in [0.15, 0.2) is 144 Å². The first-order valence-corrected chi connectivity index (χ1v) is 17.7. The molecule has 0 amide bonds. The van der Waals surface area contributed by atoms with Gasteiger partial charge in [0.2, 0.25) is 0 Å². The number of pyridine rings is 3. The second-order valence-corrected chi connectivity index (χ2v) is 13.1. The summed E-state index contributed by atoms with van der Waals surface area (Å²) >= 11 is 0. The van der Waals surface area contributed by atoms with E-state index in [-0.39, 0.29) is 31.6 Å². The number of aromatic nitrogens is 3. The van der Waals surface area contributed by atoms with Crippen molar-refractivity contribution >= 4 is 21.9 Å². The minimum Gasteiger partial charge on any atom is -0.501 e. The van der Waals surface area contributed by atoms with Gasteiger partial charge in [-0.3, -0.25) is 4.98 Å². The maximum Gasteiger partial charge on any atom is 0.120 e. The van der Waals surface area contributed by atoms with Gasteiger partial charge in [0.1, 0.15) is 5.58 Å². The van der Waals surface area contributed by atoms with Gasteiger partial charge in [0.05, 0.1) is 5.58 Å². The number of benzene rings is 4. The fourth-order valence-electron chi connectivity index (χ4n) is 6.99. The number of hydrogen-bond donors (Lipinski definition) is 0. The standard InChI is InChI=1S/C30H27N2O.C18H14N.Ir/c1-20(23-13-15-31-16-14-23)24-10-11-25(30-29(24)26-8-4-5-9-28(26)33-30)27-19-22(12-17-32-27)18-21-6-2-3-7-21;1-14-13-19-18(16-10-6-3-7-11-16)12-17(14)15-8-4-2-5-9-15;/h4-5,8-10,12-17,19-21H,2-3,6-7,18H2,1H3;2-10,12-13H,1H3;/q2*-1;/i18D2,20D;1D3;. The maximum atomic E-state index is 9.34. The molecule has 0 saturated heterocycles. The average Bonchev–Trinajstić information content (AvgIpc) is 3.94. The molecule has 1 aliphatic carbocycles. The minimum atomic E-state index is -2.20. The normalized spacial score (nSPS) is 16.1. The van der Waals surface area contributed by atoms with Crippen molar-refractivity contribution in [2.75, 3.05) is 0 Å². The summed E-state index contributed by atoms with van der Waals surface area (Å²) in [6, 6.07) is 42.4. The summed E-state index contributed by atoms with van der Waals surface area (Å²) in [7, 11) is 0. The first-order chi connectivity index (χ1) is 27.9. The molecule has 5 heteroatoms. The molecule has 1 fully saturated rings. The Kier molecular flexibility index (Phi) is 9.18. The first kappa shape index (κ1) is 29.3. The predicted molar refractivity (Wildman–Crippen MR) is 212 cm³/mol. The van der Waals surface area contributed by atoms with E-state index in [4.69, 9.17) is 11.3 Å². The molecule has 1 aliphatic rings. The Morgan fingerprint density at radius 1 is 0.868 bits per heavy atom. The molecule has 265 valence electrons. The van der Waals surface area contributed by atoms with Gasteiger partial charge in [-0.15, -0.1) is 53.6 Å². The smallest absolute Gasteiger partial charge is 0.120 e. The van der Waals surface area contributed by atoms with Crippen LogP contribution in [-0.4, -0.2) is 15.0 Å². The molecule has 4 heterocycles. The monoisotopic (exact) mass is 874 g/mol. The van der Waals surface area contributed by atoms with Crippen LogP contribution in [0.3, 0.4) is 0 Å². The Morgan fingerprint density at radius 3 is 2.45 bits per heavy atom. The van der Waals surface area contributed by atoms with Gasteiger partial charge in [-0.2, -0.15) is 0 Å². The molecule has 8 aromatic rings. The molecule has 0 N–H and O–H groups in total. The van der Waals surface area contributed by atoms with E-state index in [9.17, 15) is 1.37 Å². The van der Waals surface area contributed by atoms with Gasteiger partial charge in [-0.05, 0) is 82.9 Å². The summed E-state index contributed by atoms with van der Waals surface area (Å²) in [4.78, 5) is 13.0. The van der Waals surface area contributed by atoms with Crippen molar-refractivity contribution < 1.29 is 32.7 Å². The molecular weight excluding hydrogens is 827 g/mol. The number of rotatable bonds is 7. The Morgan fingerprint density at radius 2 is 1.66 bits per heavy atom. The molecule has 1 radical (unpaired) electrons. The number of furan rings is 1. The second kappa shape index (κ2) is 16.6. The van der Waals surface area contributed by atoms with E-state index in [1.807, 2.05) is 116 Å². The largest absolute Gasteiger partial charge is 0.501 e. The number of fused-ring (bicyclic) bond motifs is 3. The van der Waals surface area contributed by atoms with Crippen LogP contribution in [0.5, 0.6) is 0 Å². The molecule has 0 spiro atoms. The molecule has 1 saturated carbocycles. The van der Waals surface area contributed by atoms with Crippen LogP contribution in [0.25, 0.3) is 55.6 Å². The fourth-order valence-corrected chi connectivity index (χ4v) is 6.99. The number of nitrogens with zero attached hydrogens (tertiary/aromatic N) is 3. The van der Waals surface area contributed by atoms with Crippen LogP contribution < -0.4 is 0 Å². The molecule has 9 rings (SSSR count). The Labute approximate surface area is 334 Å². The number of aryl methyl sites for hydroxylation is 1. The van der Waals surface area contributed by atoms with Crippen LogP contribution in [0, 0.1) is 24.9 Å². The molecule has 0 bridgehead atoms. The molecule has 4 aromatic heterocycles. The van der Waals surface area contributed by atoms with E-state index in [1.54, 1.807) is 24.7 Å². The third-order valence-electron chi connectivity index (χ3n) is 9.69. The van der Waals surface area contributed by atoms with Crippen molar-refractivity contribution in [2.45, 2.75) is 51.7 Å². The fraction of sp³-hybridized carbons (Fsp3) is 0.188. The van der Waals surface area contributed by atoms with Gasteiger partial charge >= 0.3 is 0 Å². The summed E-state index contributed by atoms with van der Waals surface area (Å²) in [6.45, 7) is -0.321. The van der Waals surface area contributed by atoms with Crippen LogP contribution in [0.4, 0.5) is 0 Å². The zero-order valence-corrected chi connectivity index (χ0v) is 31.7. The van der Waals surface area contributed by atoms with Crippen molar-refractivity contribution in [2.24, 2.45) is 5.92 Å². The van der Waals surface area contributed by atoms with Gasteiger partial charge in [0.25, 0.3) is 0 Å². The Bertz CT molecular complexity index is 2680. The average molecular weight is 874 g/mol. The summed E-state index contributed by atoms with van der Waals surface area (Å²) in [5.74, 6) is -1.03. The van der Waals surface area contributed by atoms with Gasteiger partial charge in [0, 0.05) is 58.5 Å². The van der Waals surface area contributed by atoms with Gasteiger partial charge in [-0.25, -0.2) is 0 Å². The quantitative estimate of drug-likeness (QED) is 0.150. The van der Waals surface area contributed by atoms with E-state index in [2.05, 4.69) is 27.1 Å². The first-order valence-electron chi connectivity index (χ1n) is 20.7. The zero-order chi connectivity index (χ0) is 40.5. The number of hydrogen-bond acceptors (Lipinski definition) is 4. The van der Waals surface area contributed by atoms with Crippen molar-refractivity contribution in [3.63, 3.8) is 0 Å². The number of para-hydroxylation sites is 1. The van der Waals surface area contributed by atoms with Crippen molar-refractivity contribution in [3.05, 3.63) is 174 Å². The maximum absolute atomic E-state index is 9.34. The van der Waals surface area contributed by atoms with E-state index in [0.29, 0.717) is 33.7 Å². The molecule has 4 aromatic carbocycles. The summed E-state index contributed by atoms with van der Waals surface area (Å²) < 4.78 is 56.6. The Hall–Kier alpha value is -5.22. The van der Waals surface area contributed by atoms with Gasteiger partial charge in [0.15, 0.2) is 0 Å². The summed E-state index contributed by atoms with van der Waals surface area (Å²) in [6.07, 6.45) is 9.12. The Balaban J connectivity index is 0.000000198. The second-order valence-electron chi connectivity index (χ2n) is 13.1. The van der Waals surface area contributed by atoms with E-state index >= 15 is 0 Å². The third kappa shape index (κ3) is 7.93. The van der Waals surface area contributed by atoms with Gasteiger partial charge < -0.3 is 14.4 Å².